The van der Waals surface area contributed by atoms with Gasteiger partial charge in [0.2, 0.25) is 0 Å². The minimum Gasteiger partial charge on any atom is -0.399 e. The molecule has 3 N–H and O–H groups in total. The van der Waals surface area contributed by atoms with Gasteiger partial charge in [-0.2, -0.15) is 5.10 Å². The van der Waals surface area contributed by atoms with Gasteiger partial charge in [0.15, 0.2) is 5.82 Å². The van der Waals surface area contributed by atoms with Crippen LogP contribution in [0, 0.1) is 0 Å². The molecule has 1 heterocycles. The number of carbonyl (C=O) groups is 1. The van der Waals surface area contributed by atoms with Crippen LogP contribution in [0.25, 0.3) is 0 Å². The van der Waals surface area contributed by atoms with E-state index in [0.717, 1.165) is 0 Å². The van der Waals surface area contributed by atoms with Crippen molar-refractivity contribution in [2.45, 2.75) is 0 Å². The molecule has 1 aromatic carbocycles. The van der Waals surface area contributed by atoms with Gasteiger partial charge in [0.25, 0.3) is 5.91 Å². The van der Waals surface area contributed by atoms with Crippen molar-refractivity contribution in [3.63, 3.8) is 0 Å². The highest BCUT2D eigenvalue weighted by molar-refractivity contribution is 9.10. The number of benzene rings is 1. The Kier molecular flexibility index (Phi) is 3.34. The molecule has 6 heteroatoms. The van der Waals surface area contributed by atoms with Crippen LogP contribution in [-0.2, 0) is 0 Å². The summed E-state index contributed by atoms with van der Waals surface area (Å²) in [6.07, 6.45) is 1.53. The zero-order valence-corrected chi connectivity index (χ0v) is 10.3. The molecule has 5 nitrogen and oxygen atoms in total. The fourth-order valence-electron chi connectivity index (χ4n) is 1.27. The van der Waals surface area contributed by atoms with E-state index >= 15 is 0 Å². The van der Waals surface area contributed by atoms with E-state index in [2.05, 4.69) is 31.4 Å². The van der Waals surface area contributed by atoms with Crippen molar-refractivity contribution < 1.29 is 4.79 Å². The Labute approximate surface area is 106 Å². The van der Waals surface area contributed by atoms with Crippen LogP contribution < -0.4 is 11.1 Å². The first kappa shape index (κ1) is 11.5. The van der Waals surface area contributed by atoms with E-state index < -0.39 is 0 Å². The van der Waals surface area contributed by atoms with Gasteiger partial charge in [0.1, 0.15) is 0 Å². The lowest BCUT2D eigenvalue weighted by Gasteiger charge is -2.06. The highest BCUT2D eigenvalue weighted by Crippen LogP contribution is 2.20. The summed E-state index contributed by atoms with van der Waals surface area (Å²) in [6, 6.07) is 8.38. The molecule has 0 saturated heterocycles. The summed E-state index contributed by atoms with van der Waals surface area (Å²) in [5, 5.41) is 10.1. The molecule has 2 aromatic rings. The second-order valence-electron chi connectivity index (χ2n) is 3.30. The average molecular weight is 293 g/mol. The predicted octanol–water partition coefficient (Wildman–Crippen LogP) is 2.07. The molecule has 86 valence electrons. The molecule has 17 heavy (non-hydrogen) atoms. The third kappa shape index (κ3) is 2.79. The quantitative estimate of drug-likeness (QED) is 0.831. The van der Waals surface area contributed by atoms with Crippen LogP contribution in [0.5, 0.6) is 0 Å². The van der Waals surface area contributed by atoms with Crippen LogP contribution in [0.15, 0.2) is 41.0 Å². The van der Waals surface area contributed by atoms with Gasteiger partial charge in [0.05, 0.1) is 5.56 Å². The summed E-state index contributed by atoms with van der Waals surface area (Å²) in [6.45, 7) is 0. The predicted molar refractivity (Wildman–Crippen MR) is 68.5 cm³/mol. The third-order valence-corrected chi connectivity index (χ3v) is 2.74. The van der Waals surface area contributed by atoms with E-state index in [1.807, 2.05) is 0 Å². The second-order valence-corrected chi connectivity index (χ2v) is 4.16. The molecule has 2 rings (SSSR count). The van der Waals surface area contributed by atoms with E-state index in [0.29, 0.717) is 21.5 Å². The van der Waals surface area contributed by atoms with E-state index in [4.69, 9.17) is 5.73 Å². The number of anilines is 2. The molecule has 0 saturated carbocycles. The van der Waals surface area contributed by atoms with Crippen LogP contribution in [0.2, 0.25) is 0 Å². The number of nitrogens with two attached hydrogens (primary N) is 1. The fourth-order valence-corrected chi connectivity index (χ4v) is 1.70. The molecular formula is C11H9BrN4O. The summed E-state index contributed by atoms with van der Waals surface area (Å²) in [5.41, 5.74) is 6.61. The van der Waals surface area contributed by atoms with Crippen molar-refractivity contribution in [1.29, 1.82) is 0 Å². The average Bonchev–Trinajstić information content (AvgIpc) is 2.33. The number of nitrogen functional groups attached to an aromatic ring is 1. The first-order valence-electron chi connectivity index (χ1n) is 4.81. The topological polar surface area (TPSA) is 80.9 Å². The van der Waals surface area contributed by atoms with Crippen LogP contribution in [0.3, 0.4) is 0 Å². The Hall–Kier alpha value is -1.95. The zero-order valence-electron chi connectivity index (χ0n) is 8.72. The molecule has 0 fully saturated rings. The maximum absolute atomic E-state index is 11.9. The molecule has 0 bridgehead atoms. The van der Waals surface area contributed by atoms with Crippen molar-refractivity contribution in [2.75, 3.05) is 11.1 Å². The first-order chi connectivity index (χ1) is 8.16. The lowest BCUT2D eigenvalue weighted by molar-refractivity contribution is 0.102. The molecule has 0 spiro atoms. The van der Waals surface area contributed by atoms with Gasteiger partial charge in [-0.15, -0.1) is 5.10 Å². The summed E-state index contributed by atoms with van der Waals surface area (Å²) in [4.78, 5) is 11.9. The van der Waals surface area contributed by atoms with E-state index in [1.165, 1.54) is 6.20 Å². The number of halogens is 1. The Balaban J connectivity index is 2.23. The molecule has 1 amide bonds. The Morgan fingerprint density at radius 3 is 2.88 bits per heavy atom. The second kappa shape index (κ2) is 4.92. The SMILES string of the molecule is Nc1ccc(Br)c(C(=O)Nc2cccnn2)c1. The number of carbonyl (C=O) groups excluding carboxylic acids is 1. The van der Waals surface area contributed by atoms with Gasteiger partial charge in [-0.1, -0.05) is 0 Å². The summed E-state index contributed by atoms with van der Waals surface area (Å²) >= 11 is 3.29. The number of amides is 1. The van der Waals surface area contributed by atoms with Gasteiger partial charge in [-0.3, -0.25) is 4.79 Å². The molecule has 0 atom stereocenters. The number of nitrogens with zero attached hydrogens (tertiary/aromatic N) is 2. The smallest absolute Gasteiger partial charge is 0.258 e. The highest BCUT2D eigenvalue weighted by atomic mass is 79.9. The normalized spacial score (nSPS) is 9.94. The van der Waals surface area contributed by atoms with E-state index in [9.17, 15) is 4.79 Å². The summed E-state index contributed by atoms with van der Waals surface area (Å²) < 4.78 is 0.674. The molecular weight excluding hydrogens is 284 g/mol. The number of aromatic nitrogens is 2. The lowest BCUT2D eigenvalue weighted by Crippen LogP contribution is -2.14. The number of rotatable bonds is 2. The molecule has 0 unspecified atom stereocenters. The zero-order chi connectivity index (χ0) is 12.3. The molecule has 0 aliphatic rings. The fraction of sp³-hybridized carbons (Fsp3) is 0. The maximum atomic E-state index is 11.9. The van der Waals surface area contributed by atoms with Gasteiger partial charge in [-0.05, 0) is 46.3 Å². The number of nitrogens with one attached hydrogen (secondary N) is 1. The Morgan fingerprint density at radius 1 is 1.35 bits per heavy atom. The minimum absolute atomic E-state index is 0.287. The van der Waals surface area contributed by atoms with Gasteiger partial charge >= 0.3 is 0 Å². The van der Waals surface area contributed by atoms with Crippen molar-refractivity contribution in [3.05, 3.63) is 46.6 Å². The molecule has 0 aliphatic carbocycles. The van der Waals surface area contributed by atoms with Gasteiger partial charge in [0, 0.05) is 16.4 Å². The number of hydrogen-bond acceptors (Lipinski definition) is 4. The highest BCUT2D eigenvalue weighted by Gasteiger charge is 2.11. The van der Waals surface area contributed by atoms with Crippen LogP contribution in [0.4, 0.5) is 11.5 Å². The van der Waals surface area contributed by atoms with E-state index in [-0.39, 0.29) is 5.91 Å². The van der Waals surface area contributed by atoms with E-state index in [1.54, 1.807) is 30.3 Å². The van der Waals surface area contributed by atoms with Gasteiger partial charge < -0.3 is 11.1 Å². The number of hydrogen-bond donors (Lipinski definition) is 2. The van der Waals surface area contributed by atoms with Crippen LogP contribution >= 0.6 is 15.9 Å². The van der Waals surface area contributed by atoms with Crippen molar-refractivity contribution >= 4 is 33.3 Å². The Morgan fingerprint density at radius 2 is 2.18 bits per heavy atom. The monoisotopic (exact) mass is 292 g/mol. The minimum atomic E-state index is -0.287. The third-order valence-electron chi connectivity index (χ3n) is 2.05. The summed E-state index contributed by atoms with van der Waals surface area (Å²) in [7, 11) is 0. The Bertz CT molecular complexity index is 544. The van der Waals surface area contributed by atoms with Gasteiger partial charge in [-0.25, -0.2) is 0 Å². The molecule has 0 radical (unpaired) electrons. The van der Waals surface area contributed by atoms with Crippen molar-refractivity contribution in [1.82, 2.24) is 10.2 Å². The van der Waals surface area contributed by atoms with Crippen LogP contribution in [-0.4, -0.2) is 16.1 Å². The van der Waals surface area contributed by atoms with Crippen LogP contribution in [0.1, 0.15) is 10.4 Å². The maximum Gasteiger partial charge on any atom is 0.258 e. The first-order valence-corrected chi connectivity index (χ1v) is 5.60. The van der Waals surface area contributed by atoms with Crippen molar-refractivity contribution in [3.8, 4) is 0 Å². The molecule has 1 aromatic heterocycles. The largest absolute Gasteiger partial charge is 0.399 e. The molecule has 0 aliphatic heterocycles. The lowest BCUT2D eigenvalue weighted by atomic mass is 10.2. The standard InChI is InChI=1S/C11H9BrN4O/c12-9-4-3-7(13)6-8(9)11(17)15-10-2-1-5-14-16-10/h1-6H,13H2,(H,15,16,17). The summed E-state index contributed by atoms with van der Waals surface area (Å²) in [5.74, 6) is 0.108. The van der Waals surface area contributed by atoms with Crippen molar-refractivity contribution in [2.24, 2.45) is 0 Å².